The van der Waals surface area contributed by atoms with Crippen LogP contribution in [0.4, 0.5) is 0 Å². The van der Waals surface area contributed by atoms with Crippen LogP contribution in [0.15, 0.2) is 0 Å². The first-order chi connectivity index (χ1) is 7.64. The molecule has 0 amide bonds. The van der Waals surface area contributed by atoms with E-state index in [0.717, 1.165) is 12.3 Å². The maximum atomic E-state index is 12.0. The quantitative estimate of drug-likeness (QED) is 0.529. The number of rotatable bonds is 2. The molecule has 3 rings (SSSR count). The molecular weight excluding hydrogens is 204 g/mol. The van der Waals surface area contributed by atoms with Crippen LogP contribution in [-0.2, 0) is 14.3 Å². The summed E-state index contributed by atoms with van der Waals surface area (Å²) in [7, 11) is 0. The summed E-state index contributed by atoms with van der Waals surface area (Å²) >= 11 is 0. The fourth-order valence-corrected chi connectivity index (χ4v) is 4.30. The Morgan fingerprint density at radius 1 is 1.38 bits per heavy atom. The van der Waals surface area contributed by atoms with Crippen molar-refractivity contribution in [3.63, 3.8) is 0 Å². The van der Waals surface area contributed by atoms with Crippen molar-refractivity contribution in [1.29, 1.82) is 0 Å². The van der Waals surface area contributed by atoms with Gasteiger partial charge in [-0.1, -0.05) is 6.42 Å². The Hall–Kier alpha value is -0.860. The van der Waals surface area contributed by atoms with Gasteiger partial charge in [-0.05, 0) is 43.9 Å². The lowest BCUT2D eigenvalue weighted by Crippen LogP contribution is -2.43. The lowest BCUT2D eigenvalue weighted by atomic mass is 9.65. The highest BCUT2D eigenvalue weighted by molar-refractivity contribution is 6.04. The van der Waals surface area contributed by atoms with Crippen molar-refractivity contribution in [3.05, 3.63) is 0 Å². The number of ketones is 1. The van der Waals surface area contributed by atoms with Gasteiger partial charge in [0.1, 0.15) is 11.2 Å². The Morgan fingerprint density at radius 3 is 2.62 bits per heavy atom. The molecule has 3 aliphatic rings. The predicted octanol–water partition coefficient (Wildman–Crippen LogP) is 1.94. The first kappa shape index (κ1) is 10.3. The van der Waals surface area contributed by atoms with Crippen LogP contribution in [0.25, 0.3) is 0 Å². The average molecular weight is 222 g/mol. The van der Waals surface area contributed by atoms with Gasteiger partial charge in [0.25, 0.3) is 0 Å². The monoisotopic (exact) mass is 222 g/mol. The molecule has 2 bridgehead atoms. The summed E-state index contributed by atoms with van der Waals surface area (Å²) in [5, 5.41) is 0. The van der Waals surface area contributed by atoms with E-state index in [4.69, 9.17) is 4.74 Å². The van der Waals surface area contributed by atoms with Crippen molar-refractivity contribution >= 4 is 11.8 Å². The molecule has 1 heterocycles. The van der Waals surface area contributed by atoms with Crippen LogP contribution in [-0.4, -0.2) is 18.4 Å². The minimum absolute atomic E-state index is 0.0348. The highest BCUT2D eigenvalue weighted by atomic mass is 16.5. The predicted molar refractivity (Wildman–Crippen MR) is 57.6 cm³/mol. The van der Waals surface area contributed by atoms with E-state index in [1.807, 2.05) is 0 Å². The van der Waals surface area contributed by atoms with Gasteiger partial charge in [0.05, 0.1) is 6.61 Å². The zero-order chi connectivity index (χ0) is 11.3. The third kappa shape index (κ3) is 1.14. The van der Waals surface area contributed by atoms with E-state index in [0.29, 0.717) is 18.9 Å². The molecule has 0 aromatic rings. The van der Waals surface area contributed by atoms with Crippen LogP contribution in [0.2, 0.25) is 0 Å². The molecule has 3 fully saturated rings. The number of ether oxygens (including phenoxy) is 1. The molecule has 0 aromatic heterocycles. The van der Waals surface area contributed by atoms with E-state index in [1.54, 1.807) is 6.92 Å². The van der Waals surface area contributed by atoms with E-state index in [1.165, 1.54) is 19.3 Å². The Kier molecular flexibility index (Phi) is 2.13. The molecule has 1 saturated heterocycles. The highest BCUT2D eigenvalue weighted by Gasteiger charge is 2.59. The SMILES string of the molecule is CC(=O)C1([C@H]2C[C@@H]3CC[C@H]2C3)CCOC1=O. The molecule has 0 aromatic carbocycles. The second-order valence-corrected chi connectivity index (χ2v) is 5.69. The summed E-state index contributed by atoms with van der Waals surface area (Å²) in [6.07, 6.45) is 5.42. The van der Waals surface area contributed by atoms with Gasteiger partial charge < -0.3 is 4.74 Å². The van der Waals surface area contributed by atoms with Crippen LogP contribution in [0, 0.1) is 23.2 Å². The summed E-state index contributed by atoms with van der Waals surface area (Å²) in [4.78, 5) is 23.9. The molecule has 16 heavy (non-hydrogen) atoms. The maximum absolute atomic E-state index is 12.0. The van der Waals surface area contributed by atoms with Gasteiger partial charge in [-0.2, -0.15) is 0 Å². The first-order valence-corrected chi connectivity index (χ1v) is 6.33. The number of carbonyl (C=O) groups is 2. The average Bonchev–Trinajstić information content (AvgIpc) is 2.90. The van der Waals surface area contributed by atoms with Crippen LogP contribution < -0.4 is 0 Å². The number of esters is 1. The van der Waals surface area contributed by atoms with E-state index in [-0.39, 0.29) is 17.7 Å². The number of carbonyl (C=O) groups excluding carboxylic acids is 2. The molecule has 0 spiro atoms. The summed E-state index contributed by atoms with van der Waals surface area (Å²) in [6, 6.07) is 0. The topological polar surface area (TPSA) is 43.4 Å². The van der Waals surface area contributed by atoms with Gasteiger partial charge in [-0.25, -0.2) is 0 Å². The van der Waals surface area contributed by atoms with Gasteiger partial charge in [-0.15, -0.1) is 0 Å². The lowest BCUT2D eigenvalue weighted by molar-refractivity contribution is -0.155. The van der Waals surface area contributed by atoms with E-state index < -0.39 is 5.41 Å². The molecule has 3 heteroatoms. The normalized spacial score (nSPS) is 46.1. The zero-order valence-electron chi connectivity index (χ0n) is 9.70. The molecule has 4 atom stereocenters. The molecule has 3 nitrogen and oxygen atoms in total. The number of Topliss-reactive ketones (excluding diaryl/α,β-unsaturated/α-hetero) is 1. The zero-order valence-corrected chi connectivity index (χ0v) is 9.70. The number of hydrogen-bond donors (Lipinski definition) is 0. The van der Waals surface area contributed by atoms with Gasteiger partial charge >= 0.3 is 5.97 Å². The van der Waals surface area contributed by atoms with Crippen molar-refractivity contribution in [2.45, 2.75) is 39.0 Å². The second kappa shape index (κ2) is 3.31. The summed E-state index contributed by atoms with van der Waals surface area (Å²) < 4.78 is 5.09. The minimum atomic E-state index is -0.764. The molecule has 1 unspecified atom stereocenters. The third-order valence-electron chi connectivity index (χ3n) is 5.09. The smallest absolute Gasteiger partial charge is 0.320 e. The van der Waals surface area contributed by atoms with Gasteiger partial charge in [0.2, 0.25) is 0 Å². The van der Waals surface area contributed by atoms with E-state index in [2.05, 4.69) is 0 Å². The van der Waals surface area contributed by atoms with Crippen LogP contribution in [0.5, 0.6) is 0 Å². The second-order valence-electron chi connectivity index (χ2n) is 5.69. The third-order valence-corrected chi connectivity index (χ3v) is 5.09. The molecular formula is C13H18O3. The maximum Gasteiger partial charge on any atom is 0.320 e. The Morgan fingerprint density at radius 2 is 2.19 bits per heavy atom. The van der Waals surface area contributed by atoms with Crippen molar-refractivity contribution in [2.24, 2.45) is 23.2 Å². The van der Waals surface area contributed by atoms with Crippen molar-refractivity contribution in [2.75, 3.05) is 6.61 Å². The molecule has 2 saturated carbocycles. The fourth-order valence-electron chi connectivity index (χ4n) is 4.30. The standard InChI is InChI=1S/C13H18O3/c1-8(14)13(4-5-16-12(13)15)11-7-9-2-3-10(11)6-9/h9-11H,2-7H2,1H3/t9-,10+,11+,13?/m1/s1. The Balaban J connectivity index is 1.95. The number of hydrogen-bond acceptors (Lipinski definition) is 3. The van der Waals surface area contributed by atoms with E-state index >= 15 is 0 Å². The lowest BCUT2D eigenvalue weighted by Gasteiger charge is -2.34. The van der Waals surface area contributed by atoms with Crippen LogP contribution in [0.1, 0.15) is 39.0 Å². The molecule has 2 aliphatic carbocycles. The number of cyclic esters (lactones) is 1. The van der Waals surface area contributed by atoms with Crippen LogP contribution >= 0.6 is 0 Å². The highest BCUT2D eigenvalue weighted by Crippen LogP contribution is 2.57. The van der Waals surface area contributed by atoms with Gasteiger partial charge in [-0.3, -0.25) is 9.59 Å². The first-order valence-electron chi connectivity index (χ1n) is 6.33. The summed E-state index contributed by atoms with van der Waals surface area (Å²) in [5.74, 6) is 1.43. The molecule has 88 valence electrons. The Bertz CT molecular complexity index is 349. The van der Waals surface area contributed by atoms with Crippen LogP contribution in [0.3, 0.4) is 0 Å². The van der Waals surface area contributed by atoms with Crippen molar-refractivity contribution in [3.8, 4) is 0 Å². The molecule has 0 N–H and O–H groups in total. The van der Waals surface area contributed by atoms with Crippen molar-refractivity contribution < 1.29 is 14.3 Å². The molecule has 0 radical (unpaired) electrons. The Labute approximate surface area is 95.5 Å². The fraction of sp³-hybridized carbons (Fsp3) is 0.846. The summed E-state index contributed by atoms with van der Waals surface area (Å²) in [6.45, 7) is 2.00. The summed E-state index contributed by atoms with van der Waals surface area (Å²) in [5.41, 5.74) is -0.764. The van der Waals surface area contributed by atoms with Crippen molar-refractivity contribution in [1.82, 2.24) is 0 Å². The van der Waals surface area contributed by atoms with Gasteiger partial charge in [0, 0.05) is 6.42 Å². The minimum Gasteiger partial charge on any atom is -0.465 e. The number of fused-ring (bicyclic) bond motifs is 2. The van der Waals surface area contributed by atoms with E-state index in [9.17, 15) is 9.59 Å². The molecule has 1 aliphatic heterocycles. The largest absolute Gasteiger partial charge is 0.465 e. The van der Waals surface area contributed by atoms with Gasteiger partial charge in [0.15, 0.2) is 0 Å².